The zero-order valence-corrected chi connectivity index (χ0v) is 13.6. The van der Waals surface area contributed by atoms with E-state index >= 15 is 0 Å². The fraction of sp³-hybridized carbons (Fsp3) is 0.100. The highest BCUT2D eigenvalue weighted by Gasteiger charge is 2.48. The lowest BCUT2D eigenvalue weighted by Crippen LogP contribution is -2.40. The maximum Gasteiger partial charge on any atom is 0.339 e. The van der Waals surface area contributed by atoms with Crippen LogP contribution in [0.2, 0.25) is 0 Å². The van der Waals surface area contributed by atoms with Crippen molar-refractivity contribution in [3.8, 4) is 11.8 Å². The summed E-state index contributed by atoms with van der Waals surface area (Å²) in [6, 6.07) is 14.8. The Kier molecular flexibility index (Phi) is 4.24. The molecule has 0 aromatic heterocycles. The Hall–Kier alpha value is -2.83. The van der Waals surface area contributed by atoms with E-state index in [4.69, 9.17) is 16.3 Å². The van der Waals surface area contributed by atoms with Crippen molar-refractivity contribution in [2.24, 2.45) is 0 Å². The molecule has 0 heterocycles. The molecule has 0 fully saturated rings. The van der Waals surface area contributed by atoms with E-state index in [2.05, 4.69) is 11.8 Å². The second-order valence-electron chi connectivity index (χ2n) is 5.27. The van der Waals surface area contributed by atoms with Crippen molar-refractivity contribution in [3.63, 3.8) is 0 Å². The molecule has 4 heteroatoms. The zero-order valence-electron chi connectivity index (χ0n) is 12.9. The molecule has 0 saturated heterocycles. The van der Waals surface area contributed by atoms with Gasteiger partial charge < -0.3 is 4.74 Å². The second kappa shape index (κ2) is 6.35. The molecule has 1 aliphatic carbocycles. The number of ether oxygens (including phenoxy) is 1. The summed E-state index contributed by atoms with van der Waals surface area (Å²) in [6.45, 7) is 0. The van der Waals surface area contributed by atoms with E-state index in [0.717, 1.165) is 11.1 Å². The average molecular weight is 337 g/mol. The number of hydrogen-bond donors (Lipinski definition) is 0. The Morgan fingerprint density at radius 3 is 2.46 bits per heavy atom. The number of alkyl halides is 1. The number of rotatable bonds is 1. The number of hydrogen-bond acceptors (Lipinski definition) is 3. The van der Waals surface area contributed by atoms with E-state index < -0.39 is 16.6 Å². The van der Waals surface area contributed by atoms with E-state index in [1.165, 1.54) is 13.2 Å². The van der Waals surface area contributed by atoms with Gasteiger partial charge in [0.2, 0.25) is 4.87 Å². The molecule has 2 aromatic carbocycles. The van der Waals surface area contributed by atoms with Gasteiger partial charge in [-0.2, -0.15) is 0 Å². The number of halogens is 1. The third-order valence-electron chi connectivity index (χ3n) is 3.77. The van der Waals surface area contributed by atoms with Gasteiger partial charge in [0.15, 0.2) is 5.78 Å². The summed E-state index contributed by atoms with van der Waals surface area (Å²) in [5, 5.41) is 0. The maximum absolute atomic E-state index is 12.1. The summed E-state index contributed by atoms with van der Waals surface area (Å²) in [4.78, 5) is 22.3. The van der Waals surface area contributed by atoms with Crippen molar-refractivity contribution in [2.45, 2.75) is 4.87 Å². The topological polar surface area (TPSA) is 43.4 Å². The van der Waals surface area contributed by atoms with Crippen molar-refractivity contribution in [1.82, 2.24) is 0 Å². The summed E-state index contributed by atoms with van der Waals surface area (Å²) >= 11 is 6.32. The molecule has 24 heavy (non-hydrogen) atoms. The number of allylic oxidation sites excluding steroid dienone is 1. The number of methoxy groups -OCH3 is 1. The molecule has 0 unspecified atom stereocenters. The highest BCUT2D eigenvalue weighted by molar-refractivity contribution is 6.48. The standard InChI is InChI=1S/C20H13ClO3/c1-24-19(23)20(21)17-11-9-15(13-16(17)10-12-18(20)22)8-7-14-5-3-2-4-6-14/h2-6,9-13H,1H3/t20-/m1/s1. The lowest BCUT2D eigenvalue weighted by atomic mass is 9.84. The van der Waals surface area contributed by atoms with Crippen LogP contribution < -0.4 is 0 Å². The summed E-state index contributed by atoms with van der Waals surface area (Å²) in [7, 11) is 1.21. The van der Waals surface area contributed by atoms with Crippen molar-refractivity contribution in [1.29, 1.82) is 0 Å². The van der Waals surface area contributed by atoms with Gasteiger partial charge in [-0.15, -0.1) is 0 Å². The van der Waals surface area contributed by atoms with Crippen molar-refractivity contribution in [3.05, 3.63) is 76.9 Å². The molecule has 1 aliphatic rings. The van der Waals surface area contributed by atoms with Crippen molar-refractivity contribution < 1.29 is 14.3 Å². The smallest absolute Gasteiger partial charge is 0.339 e. The van der Waals surface area contributed by atoms with Crippen molar-refractivity contribution >= 4 is 29.4 Å². The lowest BCUT2D eigenvalue weighted by molar-refractivity contribution is -0.146. The van der Waals surface area contributed by atoms with E-state index in [1.54, 1.807) is 24.3 Å². The van der Waals surface area contributed by atoms with Crippen LogP contribution in [0, 0.1) is 11.8 Å². The number of benzene rings is 2. The summed E-state index contributed by atoms with van der Waals surface area (Å²) < 4.78 is 4.70. The minimum Gasteiger partial charge on any atom is -0.467 e. The Balaban J connectivity index is 2.02. The molecule has 0 bridgehead atoms. The SMILES string of the molecule is COC(=O)[C@]1(Cl)C(=O)C=Cc2cc(C#Cc3ccccc3)ccc21. The van der Waals surface area contributed by atoms with Crippen LogP contribution in [0.3, 0.4) is 0 Å². The Bertz CT molecular complexity index is 903. The van der Waals surface area contributed by atoms with E-state index in [9.17, 15) is 9.59 Å². The molecule has 1 atom stereocenters. The van der Waals surface area contributed by atoms with Crippen LogP contribution >= 0.6 is 11.6 Å². The first-order chi connectivity index (χ1) is 11.6. The normalized spacial score (nSPS) is 18.3. The van der Waals surface area contributed by atoms with Crippen LogP contribution in [0.4, 0.5) is 0 Å². The third kappa shape index (κ3) is 2.73. The van der Waals surface area contributed by atoms with Crippen molar-refractivity contribution in [2.75, 3.05) is 7.11 Å². The number of ketones is 1. The average Bonchev–Trinajstić information content (AvgIpc) is 2.63. The van der Waals surface area contributed by atoms with Gasteiger partial charge in [0.1, 0.15) is 0 Å². The van der Waals surface area contributed by atoms with Gasteiger partial charge in [-0.25, -0.2) is 4.79 Å². The monoisotopic (exact) mass is 336 g/mol. The minimum atomic E-state index is -1.83. The van der Waals surface area contributed by atoms with Gasteiger partial charge in [-0.1, -0.05) is 53.8 Å². The van der Waals surface area contributed by atoms with Crippen LogP contribution in [0.1, 0.15) is 22.3 Å². The van der Waals surface area contributed by atoms with Gasteiger partial charge in [0.05, 0.1) is 7.11 Å². The Morgan fingerprint density at radius 2 is 1.75 bits per heavy atom. The quantitative estimate of drug-likeness (QED) is 0.347. The number of esters is 1. The molecule has 0 aliphatic heterocycles. The first-order valence-corrected chi connectivity index (χ1v) is 7.65. The first-order valence-electron chi connectivity index (χ1n) is 7.27. The number of carbonyl (C=O) groups excluding carboxylic acids is 2. The molecule has 0 N–H and O–H groups in total. The molecular weight excluding hydrogens is 324 g/mol. The largest absolute Gasteiger partial charge is 0.467 e. The van der Waals surface area contributed by atoms with Gasteiger partial charge in [-0.3, -0.25) is 4.79 Å². The summed E-state index contributed by atoms with van der Waals surface area (Å²) in [5.41, 5.74) is 2.76. The second-order valence-corrected chi connectivity index (χ2v) is 5.83. The fourth-order valence-electron chi connectivity index (χ4n) is 2.52. The predicted molar refractivity (Wildman–Crippen MR) is 92.5 cm³/mol. The third-order valence-corrected chi connectivity index (χ3v) is 4.31. The molecule has 0 radical (unpaired) electrons. The van der Waals surface area contributed by atoms with Crippen LogP contribution in [-0.2, 0) is 19.2 Å². The summed E-state index contributed by atoms with van der Waals surface area (Å²) in [6.07, 6.45) is 2.93. The Labute approximate surface area is 144 Å². The van der Waals surface area contributed by atoms with Gasteiger partial charge in [0.25, 0.3) is 0 Å². The van der Waals surface area contributed by atoms with E-state index in [-0.39, 0.29) is 0 Å². The minimum absolute atomic E-state index is 0.411. The van der Waals surface area contributed by atoms with Gasteiger partial charge in [0, 0.05) is 11.1 Å². The van der Waals surface area contributed by atoms with Crippen LogP contribution in [0.5, 0.6) is 0 Å². The molecule has 118 valence electrons. The molecule has 3 nitrogen and oxygen atoms in total. The first kappa shape index (κ1) is 16.0. The molecular formula is C20H13ClO3. The molecule has 2 aromatic rings. The number of fused-ring (bicyclic) bond motifs is 1. The van der Waals surface area contributed by atoms with Crippen LogP contribution in [0.15, 0.2) is 54.6 Å². The van der Waals surface area contributed by atoms with Gasteiger partial charge >= 0.3 is 5.97 Å². The van der Waals surface area contributed by atoms with Crippen LogP contribution in [0.25, 0.3) is 6.08 Å². The zero-order chi connectivity index (χ0) is 17.2. The highest BCUT2D eigenvalue weighted by atomic mass is 35.5. The molecule has 0 spiro atoms. The predicted octanol–water partition coefficient (Wildman–Crippen LogP) is 3.29. The molecule has 0 saturated carbocycles. The van der Waals surface area contributed by atoms with E-state index in [0.29, 0.717) is 11.1 Å². The Morgan fingerprint density at radius 1 is 1.04 bits per heavy atom. The lowest BCUT2D eigenvalue weighted by Gasteiger charge is -2.26. The maximum atomic E-state index is 12.1. The van der Waals surface area contributed by atoms with Crippen LogP contribution in [-0.4, -0.2) is 18.9 Å². The number of carbonyl (C=O) groups is 2. The highest BCUT2D eigenvalue weighted by Crippen LogP contribution is 2.38. The fourth-order valence-corrected chi connectivity index (χ4v) is 2.83. The molecule has 0 amide bonds. The molecule has 3 rings (SSSR count). The summed E-state index contributed by atoms with van der Waals surface area (Å²) in [5.74, 6) is 4.83. The van der Waals surface area contributed by atoms with Gasteiger partial charge in [-0.05, 0) is 41.5 Å². The van der Waals surface area contributed by atoms with E-state index in [1.807, 2.05) is 30.3 Å².